The minimum Gasteiger partial charge on any atom is -0.443 e. The molecule has 0 aliphatic heterocycles. The van der Waals surface area contributed by atoms with Gasteiger partial charge < -0.3 is 14.2 Å². The van der Waals surface area contributed by atoms with Crippen molar-refractivity contribution in [3.8, 4) is 0 Å². The maximum absolute atomic E-state index is 12.9. The number of amides is 13. The first-order valence-corrected chi connectivity index (χ1v) is 47.6. The lowest BCUT2D eigenvalue weighted by Gasteiger charge is -2.30. The number of hydrogen-bond donors (Lipinski definition) is 10. The van der Waals surface area contributed by atoms with Gasteiger partial charge in [-0.3, -0.25) is 118 Å². The zero-order valence-corrected chi connectivity index (χ0v) is 85.6. The number of hydrazine groups is 10. The van der Waals surface area contributed by atoms with E-state index >= 15 is 0 Å². The van der Waals surface area contributed by atoms with Crippen LogP contribution in [0.25, 0.3) is 0 Å². The number of rotatable bonds is 42. The second-order valence-electron chi connectivity index (χ2n) is 35.8. The minimum atomic E-state index is -0.652. The number of hydrogen-bond acceptors (Lipinski definition) is 25. The summed E-state index contributed by atoms with van der Waals surface area (Å²) < 4.78 is 15.8. The third-order valence-corrected chi connectivity index (χ3v) is 17.6. The van der Waals surface area contributed by atoms with E-state index < -0.39 is 41.0 Å². The smallest absolute Gasteiger partial charge is 0.422 e. The molecule has 2 rings (SSSR count). The van der Waals surface area contributed by atoms with Crippen molar-refractivity contribution in [2.75, 3.05) is 125 Å². The molecule has 2 aromatic carbocycles. The van der Waals surface area contributed by atoms with Crippen LogP contribution < -0.4 is 55.1 Å². The van der Waals surface area contributed by atoms with Gasteiger partial charge in [0.05, 0.1) is 68.0 Å². The molecular formula is C85H155Br2ClN20O16S2. The topological polar surface area (TPSA) is 430 Å². The Balaban J connectivity index is -0.00000151. The van der Waals surface area contributed by atoms with Gasteiger partial charge in [0.25, 0.3) is 35.4 Å². The molecule has 2 aromatic rings. The van der Waals surface area contributed by atoms with E-state index in [2.05, 4.69) is 75.3 Å². The molecule has 0 aromatic heterocycles. The molecule has 0 unspecified atom stereocenters. The van der Waals surface area contributed by atoms with Crippen molar-refractivity contribution in [2.45, 2.75) is 217 Å². The third kappa shape index (κ3) is 69.6. The summed E-state index contributed by atoms with van der Waals surface area (Å²) >= 11 is 14.7. The van der Waals surface area contributed by atoms with Crippen LogP contribution in [0.3, 0.4) is 0 Å². The number of ether oxygens (including phenoxy) is 3. The predicted molar refractivity (Wildman–Crippen MR) is 507 cm³/mol. The highest BCUT2D eigenvalue weighted by Gasteiger charge is 2.30. The van der Waals surface area contributed by atoms with Crippen LogP contribution in [0, 0.1) is 47.3 Å². The first kappa shape index (κ1) is 123. The van der Waals surface area contributed by atoms with Gasteiger partial charge in [0, 0.05) is 52.4 Å². The summed E-state index contributed by atoms with van der Waals surface area (Å²) in [5.41, 5.74) is 20.8. The Morgan fingerprint density at radius 2 is 0.571 bits per heavy atom. The van der Waals surface area contributed by atoms with E-state index in [0.717, 1.165) is 22.6 Å². The molecule has 0 aliphatic carbocycles. The molecule has 41 heteroatoms. The number of carbonyl (C=O) groups is 13. The fraction of sp³-hybridized carbons (Fsp3) is 0.706. The number of carbonyl (C=O) groups excluding carboxylic acids is 13. The molecule has 0 aliphatic rings. The van der Waals surface area contributed by atoms with Crippen LogP contribution >= 0.6 is 67.0 Å². The maximum atomic E-state index is 12.9. The van der Waals surface area contributed by atoms with E-state index in [0.29, 0.717) is 82.2 Å². The average molecular weight is 1970 g/mol. The summed E-state index contributed by atoms with van der Waals surface area (Å²) in [6, 6.07) is 18.8. The van der Waals surface area contributed by atoms with E-state index in [1.165, 1.54) is 73.6 Å². The summed E-state index contributed by atoms with van der Waals surface area (Å²) in [6.07, 6.45) is -1.88. The van der Waals surface area contributed by atoms with Gasteiger partial charge in [-0.15, -0.1) is 11.6 Å². The lowest BCUT2D eigenvalue weighted by Crippen LogP contribution is -2.55. The molecule has 0 heterocycles. The van der Waals surface area contributed by atoms with E-state index in [9.17, 15) is 62.3 Å². The SMILES string of the molecule is CC(C)CN(CC(=O)N(CC(C)C)NC(=O)CCl)NC(=O)OC(C)(C)C.CC(C)CN(CC(=O)N(Cc1ccccc1)NC(=O)CBr)NC(=O)OC(C)(C)C.CC(C)CN(N)CC(=O)N(Cc1ccccc1)NC(=O)CBr.CCSCC(=O)NN(CC(C)C)C(=O)CN(CC(C)C)NC(=O)OC(C)(C)C.CCSCC(=O)NN(CC(C)C)C(=O)CN(N)CC(C)C. The van der Waals surface area contributed by atoms with Gasteiger partial charge >= 0.3 is 18.3 Å². The monoisotopic (exact) mass is 1970 g/mol. The fourth-order valence-electron chi connectivity index (χ4n) is 10.3. The standard InChI is InChI=1S/C20H31BrN4O4.C19H38N4O4S.C17H33ClN4O4.C15H23BrN4O2.C14H30N4O2S/c1-15(2)12-24(23-19(28)29-20(3,4)5)14-18(27)25(22-17(26)11-21)13-16-9-7-6-8-10-16;1-9-28-13-16(24)20-23(11-15(4)5)17(25)12-22(10-14(2)3)21-18(26)27-19(6,7)8;1-12(2)9-21(20-16(25)26-17(5,6)7)11-15(24)22(10-13(3)4)19-14(23)8-18;1-12(2)9-19(17)11-15(22)20(18-14(21)8-16)10-13-6-4-3-5-7-13;1-6-21-10-13(19)16-18(8-12(4)5)14(20)9-17(15)7-11(2)3/h6-10,15H,11-14H2,1-5H3,(H,22,26)(H,23,28);14-15H,9-13H2,1-8H3,(H,20,24)(H,21,26);12-13H,8-11H2,1-7H3,(H,19,23)(H,20,25);3-7,12H,8-11,17H2,1-2H3,(H,18,21);11-12H,6-10,15H2,1-5H3,(H,16,19). The molecule has 126 heavy (non-hydrogen) atoms. The van der Waals surface area contributed by atoms with Crippen molar-refractivity contribution in [3.63, 3.8) is 0 Å². The van der Waals surface area contributed by atoms with Crippen LogP contribution in [0.1, 0.15) is 198 Å². The maximum Gasteiger partial charge on any atom is 0.422 e. The fourth-order valence-corrected chi connectivity index (χ4v) is 11.5. The number of halogens is 3. The zero-order chi connectivity index (χ0) is 97.4. The Morgan fingerprint density at radius 3 is 0.802 bits per heavy atom. The number of nitrogens with one attached hydrogen (secondary N) is 8. The summed E-state index contributed by atoms with van der Waals surface area (Å²) in [5, 5.41) is 14.2. The molecule has 0 fully saturated rings. The van der Waals surface area contributed by atoms with Crippen LogP contribution in [0.15, 0.2) is 60.7 Å². The molecule has 0 saturated carbocycles. The van der Waals surface area contributed by atoms with Crippen molar-refractivity contribution in [3.05, 3.63) is 71.8 Å². The summed E-state index contributed by atoms with van der Waals surface area (Å²) in [5.74, 6) is 12.8. The lowest BCUT2D eigenvalue weighted by atomic mass is 10.2. The van der Waals surface area contributed by atoms with Gasteiger partial charge in [-0.05, 0) is 132 Å². The van der Waals surface area contributed by atoms with Crippen LogP contribution in [-0.4, -0.2) is 269 Å². The number of nitrogens with two attached hydrogens (primary N) is 2. The first-order valence-electron chi connectivity index (χ1n) is 42.5. The van der Waals surface area contributed by atoms with Crippen molar-refractivity contribution < 1.29 is 76.5 Å². The molecule has 0 saturated heterocycles. The molecule has 0 spiro atoms. The molecular weight excluding hydrogens is 1820 g/mol. The van der Waals surface area contributed by atoms with Gasteiger partial charge in [-0.1, -0.05) is 217 Å². The van der Waals surface area contributed by atoms with E-state index in [-0.39, 0.29) is 144 Å². The minimum absolute atomic E-state index is 0.0492. The number of nitrogens with zero attached hydrogens (tertiary/aromatic N) is 10. The normalized spacial score (nSPS) is 11.4. The molecule has 13 amide bonds. The van der Waals surface area contributed by atoms with Crippen molar-refractivity contribution in [1.29, 1.82) is 0 Å². The lowest BCUT2D eigenvalue weighted by molar-refractivity contribution is -0.143. The van der Waals surface area contributed by atoms with Gasteiger partial charge in [0.2, 0.25) is 23.6 Å². The molecule has 36 nitrogen and oxygen atoms in total. The molecule has 0 radical (unpaired) electrons. The van der Waals surface area contributed by atoms with Crippen molar-refractivity contribution in [2.24, 2.45) is 59.0 Å². The average Bonchev–Trinajstić information content (AvgIpc) is 0.884. The first-order chi connectivity index (χ1) is 58.3. The Hall–Kier alpha value is -7.38. The zero-order valence-electron chi connectivity index (χ0n) is 80.1. The summed E-state index contributed by atoms with van der Waals surface area (Å²) in [6.45, 7) is 55.9. The molecule has 12 N–H and O–H groups in total. The van der Waals surface area contributed by atoms with Gasteiger partial charge in [-0.2, -0.15) is 23.5 Å². The van der Waals surface area contributed by atoms with Gasteiger partial charge in [0.1, 0.15) is 22.7 Å². The van der Waals surface area contributed by atoms with E-state index in [1.54, 1.807) is 62.3 Å². The molecule has 0 atom stereocenters. The van der Waals surface area contributed by atoms with E-state index in [1.807, 2.05) is 185 Å². The summed E-state index contributed by atoms with van der Waals surface area (Å²) in [4.78, 5) is 158. The van der Waals surface area contributed by atoms with Gasteiger partial charge in [-0.25, -0.2) is 49.4 Å². The van der Waals surface area contributed by atoms with Gasteiger partial charge in [0.15, 0.2) is 0 Å². The third-order valence-electron chi connectivity index (χ3n) is 14.6. The number of alkyl halides is 3. The van der Waals surface area contributed by atoms with Crippen molar-refractivity contribution >= 4 is 144 Å². The second-order valence-corrected chi connectivity index (χ2v) is 39.7. The Kier molecular flexibility index (Phi) is 65.2. The van der Waals surface area contributed by atoms with Crippen LogP contribution in [0.4, 0.5) is 14.4 Å². The second kappa shape index (κ2) is 66.9. The number of thioether (sulfide) groups is 2. The Labute approximate surface area is 781 Å². The van der Waals surface area contributed by atoms with Crippen molar-refractivity contribution in [1.82, 2.24) is 93.5 Å². The predicted octanol–water partition coefficient (Wildman–Crippen LogP) is 9.99. The highest BCUT2D eigenvalue weighted by atomic mass is 79.9. The quantitative estimate of drug-likeness (QED) is 0.0128. The Bertz CT molecular complexity index is 3500. The number of benzene rings is 2. The molecule has 724 valence electrons. The highest BCUT2D eigenvalue weighted by molar-refractivity contribution is 9.09. The van der Waals surface area contributed by atoms with Crippen LogP contribution in [0.5, 0.6) is 0 Å². The van der Waals surface area contributed by atoms with Crippen LogP contribution in [0.2, 0.25) is 0 Å². The highest BCUT2D eigenvalue weighted by Crippen LogP contribution is 2.14. The molecule has 0 bridgehead atoms. The van der Waals surface area contributed by atoms with Crippen LogP contribution in [-0.2, 0) is 75.2 Å². The van der Waals surface area contributed by atoms with E-state index in [4.69, 9.17) is 37.5 Å². The largest absolute Gasteiger partial charge is 0.443 e. The summed E-state index contributed by atoms with van der Waals surface area (Å²) in [7, 11) is 0. The Morgan fingerprint density at radius 1 is 0.341 bits per heavy atom.